The summed E-state index contributed by atoms with van der Waals surface area (Å²) >= 11 is 0. The minimum atomic E-state index is -0.767. The predicted molar refractivity (Wildman–Crippen MR) is 92.8 cm³/mol. The second-order valence-electron chi connectivity index (χ2n) is 5.48. The van der Waals surface area contributed by atoms with Crippen LogP contribution < -0.4 is 4.74 Å². The van der Waals surface area contributed by atoms with Crippen molar-refractivity contribution in [2.45, 2.75) is 13.0 Å². The number of rotatable bonds is 7. The molecule has 0 spiro atoms. The van der Waals surface area contributed by atoms with Gasteiger partial charge in [-0.3, -0.25) is 10.1 Å². The summed E-state index contributed by atoms with van der Waals surface area (Å²) < 4.78 is 16.0. The van der Waals surface area contributed by atoms with Gasteiger partial charge in [0.1, 0.15) is 5.75 Å². The Bertz CT molecular complexity index is 924. The molecule has 2 aromatic carbocycles. The van der Waals surface area contributed by atoms with E-state index in [2.05, 4.69) is 10.2 Å². The van der Waals surface area contributed by atoms with Gasteiger partial charge in [0.05, 0.1) is 4.92 Å². The molecule has 0 N–H and O–H groups in total. The lowest BCUT2D eigenvalue weighted by atomic mass is 10.2. The molecule has 0 aliphatic carbocycles. The third kappa shape index (κ3) is 4.66. The molecule has 0 unspecified atom stereocenters. The fourth-order valence-corrected chi connectivity index (χ4v) is 2.18. The number of nitrogens with zero attached hydrogens (tertiary/aromatic N) is 3. The zero-order chi connectivity index (χ0) is 19.2. The fraction of sp³-hybridized carbons (Fsp3) is 0.167. The molecule has 0 bridgehead atoms. The summed E-state index contributed by atoms with van der Waals surface area (Å²) in [6.07, 6.45) is -0.767. The molecule has 138 valence electrons. The molecule has 3 rings (SSSR count). The van der Waals surface area contributed by atoms with Crippen LogP contribution in [0.25, 0.3) is 11.5 Å². The summed E-state index contributed by atoms with van der Waals surface area (Å²) in [5, 5.41) is 18.4. The molecule has 1 heterocycles. The molecule has 1 aromatic heterocycles. The molecule has 0 amide bonds. The number of aromatic nitrogens is 2. The highest BCUT2D eigenvalue weighted by molar-refractivity contribution is 5.71. The summed E-state index contributed by atoms with van der Waals surface area (Å²) in [6.45, 7) is 1.34. The number of hydrogen-bond donors (Lipinski definition) is 0. The van der Waals surface area contributed by atoms with Gasteiger partial charge >= 0.3 is 5.97 Å². The Labute approximate surface area is 153 Å². The van der Waals surface area contributed by atoms with Crippen molar-refractivity contribution < 1.29 is 23.6 Å². The van der Waals surface area contributed by atoms with Crippen molar-refractivity contribution in [1.29, 1.82) is 0 Å². The molecular formula is C18H15N3O6. The zero-order valence-electron chi connectivity index (χ0n) is 14.3. The Morgan fingerprint density at radius 2 is 1.85 bits per heavy atom. The largest absolute Gasteiger partial charge is 0.482 e. The Balaban J connectivity index is 1.58. The average Bonchev–Trinajstić information content (AvgIpc) is 3.18. The number of carbonyl (C=O) groups excluding carboxylic acids is 1. The first kappa shape index (κ1) is 18.1. The minimum Gasteiger partial charge on any atom is -0.482 e. The summed E-state index contributed by atoms with van der Waals surface area (Å²) in [5.41, 5.74) is 0.476. The molecule has 27 heavy (non-hydrogen) atoms. The highest BCUT2D eigenvalue weighted by Crippen LogP contribution is 2.24. The van der Waals surface area contributed by atoms with Crippen LogP contribution in [0.15, 0.2) is 59.0 Å². The van der Waals surface area contributed by atoms with Gasteiger partial charge in [0, 0.05) is 17.7 Å². The van der Waals surface area contributed by atoms with E-state index in [4.69, 9.17) is 13.9 Å². The second-order valence-corrected chi connectivity index (χ2v) is 5.48. The summed E-state index contributed by atoms with van der Waals surface area (Å²) in [4.78, 5) is 22.1. The lowest BCUT2D eigenvalue weighted by Gasteiger charge is -2.10. The first-order valence-corrected chi connectivity index (χ1v) is 7.98. The first-order valence-electron chi connectivity index (χ1n) is 7.98. The number of esters is 1. The molecule has 0 saturated heterocycles. The second kappa shape index (κ2) is 8.09. The summed E-state index contributed by atoms with van der Waals surface area (Å²) in [6, 6.07) is 14.6. The van der Waals surface area contributed by atoms with E-state index in [0.29, 0.717) is 11.3 Å². The van der Waals surface area contributed by atoms with E-state index in [9.17, 15) is 14.9 Å². The molecular weight excluding hydrogens is 354 g/mol. The molecule has 0 aliphatic heterocycles. The average molecular weight is 369 g/mol. The molecule has 0 saturated carbocycles. The maximum atomic E-state index is 11.9. The van der Waals surface area contributed by atoms with Gasteiger partial charge in [0.15, 0.2) is 12.7 Å². The maximum absolute atomic E-state index is 11.9. The van der Waals surface area contributed by atoms with Crippen LogP contribution >= 0.6 is 0 Å². The molecule has 0 fully saturated rings. The molecule has 9 nitrogen and oxygen atoms in total. The van der Waals surface area contributed by atoms with Crippen LogP contribution in [0, 0.1) is 10.1 Å². The number of non-ortho nitro benzene ring substituents is 1. The van der Waals surface area contributed by atoms with E-state index < -0.39 is 17.0 Å². The van der Waals surface area contributed by atoms with E-state index in [0.717, 1.165) is 0 Å². The quantitative estimate of drug-likeness (QED) is 0.353. The third-order valence-corrected chi connectivity index (χ3v) is 3.52. The number of nitro benzene ring substituents is 1. The van der Waals surface area contributed by atoms with Crippen molar-refractivity contribution in [3.63, 3.8) is 0 Å². The van der Waals surface area contributed by atoms with Crippen molar-refractivity contribution >= 4 is 11.7 Å². The normalized spacial score (nSPS) is 11.6. The lowest BCUT2D eigenvalue weighted by molar-refractivity contribution is -0.384. The van der Waals surface area contributed by atoms with Gasteiger partial charge < -0.3 is 13.9 Å². The SMILES string of the molecule is C[C@@H](OC(=O)COc1ccccc1)c1nnc(-c2ccc([N+](=O)[O-])cc2)o1. The van der Waals surface area contributed by atoms with Crippen LogP contribution in [0.2, 0.25) is 0 Å². The summed E-state index contributed by atoms with van der Waals surface area (Å²) in [5.74, 6) is 0.251. The standard InChI is InChI=1S/C18H15N3O6/c1-12(26-16(22)11-25-15-5-3-2-4-6-15)17-19-20-18(27-17)13-7-9-14(10-8-13)21(23)24/h2-10,12H,11H2,1H3/t12-/m1/s1. The molecule has 3 aromatic rings. The number of benzene rings is 2. The van der Waals surface area contributed by atoms with Crippen LogP contribution in [0.5, 0.6) is 5.75 Å². The van der Waals surface area contributed by atoms with E-state index in [1.165, 1.54) is 24.3 Å². The van der Waals surface area contributed by atoms with E-state index in [-0.39, 0.29) is 24.1 Å². The Kier molecular flexibility index (Phi) is 5.41. The summed E-state index contributed by atoms with van der Waals surface area (Å²) in [7, 11) is 0. The number of carbonyl (C=O) groups is 1. The van der Waals surface area contributed by atoms with Crippen molar-refractivity contribution in [2.75, 3.05) is 6.61 Å². The van der Waals surface area contributed by atoms with Crippen LogP contribution in [0.3, 0.4) is 0 Å². The topological polar surface area (TPSA) is 118 Å². The number of para-hydroxylation sites is 1. The Morgan fingerprint density at radius 3 is 2.52 bits per heavy atom. The fourth-order valence-electron chi connectivity index (χ4n) is 2.18. The minimum absolute atomic E-state index is 0.0424. The Hall–Kier alpha value is -3.75. The zero-order valence-corrected chi connectivity index (χ0v) is 14.3. The van der Waals surface area contributed by atoms with Crippen LogP contribution in [0.1, 0.15) is 18.9 Å². The van der Waals surface area contributed by atoms with E-state index in [1.54, 1.807) is 31.2 Å². The van der Waals surface area contributed by atoms with Crippen LogP contribution in [-0.4, -0.2) is 27.7 Å². The Morgan fingerprint density at radius 1 is 1.15 bits per heavy atom. The van der Waals surface area contributed by atoms with Gasteiger partial charge in [-0.15, -0.1) is 10.2 Å². The van der Waals surface area contributed by atoms with Gasteiger partial charge in [-0.05, 0) is 31.2 Å². The number of nitro groups is 1. The van der Waals surface area contributed by atoms with Gasteiger partial charge in [0.2, 0.25) is 5.89 Å². The molecule has 0 aliphatic rings. The smallest absolute Gasteiger partial charge is 0.344 e. The van der Waals surface area contributed by atoms with E-state index in [1.807, 2.05) is 6.07 Å². The maximum Gasteiger partial charge on any atom is 0.344 e. The highest BCUT2D eigenvalue weighted by Gasteiger charge is 2.19. The third-order valence-electron chi connectivity index (χ3n) is 3.52. The van der Waals surface area contributed by atoms with E-state index >= 15 is 0 Å². The molecule has 0 radical (unpaired) electrons. The van der Waals surface area contributed by atoms with Gasteiger partial charge in [-0.25, -0.2) is 4.79 Å². The molecule has 1 atom stereocenters. The van der Waals surface area contributed by atoms with Gasteiger partial charge in [0.25, 0.3) is 11.6 Å². The monoisotopic (exact) mass is 369 g/mol. The van der Waals surface area contributed by atoms with Crippen molar-refractivity contribution in [3.05, 3.63) is 70.6 Å². The van der Waals surface area contributed by atoms with Gasteiger partial charge in [-0.1, -0.05) is 18.2 Å². The van der Waals surface area contributed by atoms with Crippen molar-refractivity contribution in [3.8, 4) is 17.2 Å². The number of ether oxygens (including phenoxy) is 2. The number of hydrogen-bond acceptors (Lipinski definition) is 8. The lowest BCUT2D eigenvalue weighted by Crippen LogP contribution is -2.17. The van der Waals surface area contributed by atoms with Crippen LogP contribution in [0.4, 0.5) is 5.69 Å². The highest BCUT2D eigenvalue weighted by atomic mass is 16.6. The van der Waals surface area contributed by atoms with Gasteiger partial charge in [-0.2, -0.15) is 0 Å². The van der Waals surface area contributed by atoms with Crippen molar-refractivity contribution in [2.24, 2.45) is 0 Å². The first-order chi connectivity index (χ1) is 13.0. The van der Waals surface area contributed by atoms with Crippen LogP contribution in [-0.2, 0) is 9.53 Å². The molecule has 9 heteroatoms. The van der Waals surface area contributed by atoms with Crippen molar-refractivity contribution in [1.82, 2.24) is 10.2 Å². The predicted octanol–water partition coefficient (Wildman–Crippen LogP) is 3.33.